The summed E-state index contributed by atoms with van der Waals surface area (Å²) in [6.07, 6.45) is 4.64. The average molecular weight is 226 g/mol. The average Bonchev–Trinajstić information content (AvgIpc) is 2.48. The predicted molar refractivity (Wildman–Crippen MR) is 76.2 cm³/mol. The Morgan fingerprint density at radius 3 is 2.65 bits per heavy atom. The van der Waals surface area contributed by atoms with E-state index in [2.05, 4.69) is 58.5 Å². The molecule has 0 aromatic heterocycles. The summed E-state index contributed by atoms with van der Waals surface area (Å²) in [5.41, 5.74) is 7.23. The Morgan fingerprint density at radius 1 is 1.29 bits per heavy atom. The Kier molecular flexibility index (Phi) is 2.99. The standard InChI is InChI=1S/C17H22/c1-12(2)6-8-14-11-17(4,5)16-10-13(3)7-9-15(14)16/h7,9-11H,1,6,8H2,2-5H3. The van der Waals surface area contributed by atoms with Crippen molar-refractivity contribution < 1.29 is 0 Å². The molecule has 1 aliphatic carbocycles. The fraction of sp³-hybridized carbons (Fsp3) is 0.412. The summed E-state index contributed by atoms with van der Waals surface area (Å²) in [5.74, 6) is 0. The first-order valence-corrected chi connectivity index (χ1v) is 6.38. The molecule has 0 bridgehead atoms. The van der Waals surface area contributed by atoms with Crippen LogP contribution in [0.15, 0.2) is 36.4 Å². The van der Waals surface area contributed by atoms with Crippen molar-refractivity contribution in [1.29, 1.82) is 0 Å². The smallest absolute Gasteiger partial charge is 0.00874 e. The van der Waals surface area contributed by atoms with E-state index in [-0.39, 0.29) is 5.41 Å². The number of hydrogen-bond donors (Lipinski definition) is 0. The molecule has 0 heteroatoms. The largest absolute Gasteiger partial charge is 0.100 e. The van der Waals surface area contributed by atoms with E-state index >= 15 is 0 Å². The first kappa shape index (κ1) is 12.2. The van der Waals surface area contributed by atoms with E-state index in [4.69, 9.17) is 0 Å². The lowest BCUT2D eigenvalue weighted by molar-refractivity contribution is 0.682. The number of allylic oxidation sites excluding steroid dienone is 3. The van der Waals surface area contributed by atoms with Gasteiger partial charge in [-0.15, -0.1) is 6.58 Å². The normalized spacial score (nSPS) is 16.6. The van der Waals surface area contributed by atoms with Crippen LogP contribution in [0.5, 0.6) is 0 Å². The second-order valence-electron chi connectivity index (χ2n) is 5.90. The van der Waals surface area contributed by atoms with Crippen molar-refractivity contribution in [2.45, 2.75) is 46.0 Å². The van der Waals surface area contributed by atoms with Crippen LogP contribution < -0.4 is 0 Å². The van der Waals surface area contributed by atoms with Crippen molar-refractivity contribution in [3.8, 4) is 0 Å². The van der Waals surface area contributed by atoms with E-state index in [0.29, 0.717) is 0 Å². The molecule has 0 unspecified atom stereocenters. The molecule has 0 amide bonds. The third-order valence-electron chi connectivity index (χ3n) is 3.57. The second kappa shape index (κ2) is 4.18. The summed E-state index contributed by atoms with van der Waals surface area (Å²) in [4.78, 5) is 0. The van der Waals surface area contributed by atoms with Gasteiger partial charge in [0.05, 0.1) is 0 Å². The third kappa shape index (κ3) is 2.36. The van der Waals surface area contributed by atoms with Gasteiger partial charge in [-0.25, -0.2) is 0 Å². The van der Waals surface area contributed by atoms with Gasteiger partial charge in [0.25, 0.3) is 0 Å². The van der Waals surface area contributed by atoms with Gasteiger partial charge in [0.15, 0.2) is 0 Å². The summed E-state index contributed by atoms with van der Waals surface area (Å²) in [5, 5.41) is 0. The molecule has 0 radical (unpaired) electrons. The monoisotopic (exact) mass is 226 g/mol. The van der Waals surface area contributed by atoms with Gasteiger partial charge in [-0.3, -0.25) is 0 Å². The van der Waals surface area contributed by atoms with E-state index in [1.54, 1.807) is 0 Å². The zero-order valence-electron chi connectivity index (χ0n) is 11.4. The molecule has 1 aromatic rings. The van der Waals surface area contributed by atoms with E-state index in [1.165, 1.54) is 27.8 Å². The van der Waals surface area contributed by atoms with Gasteiger partial charge in [0, 0.05) is 5.41 Å². The molecule has 0 aliphatic heterocycles. The minimum absolute atomic E-state index is 0.186. The lowest BCUT2D eigenvalue weighted by atomic mass is 9.86. The van der Waals surface area contributed by atoms with Crippen LogP contribution in [0.3, 0.4) is 0 Å². The highest BCUT2D eigenvalue weighted by atomic mass is 14.3. The third-order valence-corrected chi connectivity index (χ3v) is 3.57. The topological polar surface area (TPSA) is 0 Å². The van der Waals surface area contributed by atoms with Crippen molar-refractivity contribution in [1.82, 2.24) is 0 Å². The zero-order chi connectivity index (χ0) is 12.6. The first-order chi connectivity index (χ1) is 7.90. The number of fused-ring (bicyclic) bond motifs is 1. The van der Waals surface area contributed by atoms with Crippen LogP contribution in [-0.4, -0.2) is 0 Å². The number of benzene rings is 1. The van der Waals surface area contributed by atoms with E-state index < -0.39 is 0 Å². The Bertz CT molecular complexity index is 487. The minimum atomic E-state index is 0.186. The van der Waals surface area contributed by atoms with Crippen LogP contribution in [-0.2, 0) is 5.41 Å². The van der Waals surface area contributed by atoms with E-state index in [9.17, 15) is 0 Å². The van der Waals surface area contributed by atoms with Crippen LogP contribution in [0, 0.1) is 6.92 Å². The molecule has 17 heavy (non-hydrogen) atoms. The Morgan fingerprint density at radius 2 is 2.00 bits per heavy atom. The molecule has 0 nitrogen and oxygen atoms in total. The van der Waals surface area contributed by atoms with Crippen molar-refractivity contribution in [2.75, 3.05) is 0 Å². The Labute approximate surface area is 105 Å². The molecule has 1 aliphatic rings. The van der Waals surface area contributed by atoms with Gasteiger partial charge < -0.3 is 0 Å². The maximum atomic E-state index is 4.00. The molecule has 90 valence electrons. The molecule has 0 saturated carbocycles. The van der Waals surface area contributed by atoms with Gasteiger partial charge in [0.2, 0.25) is 0 Å². The highest BCUT2D eigenvalue weighted by Crippen LogP contribution is 2.42. The SMILES string of the molecule is C=C(C)CCC1=CC(C)(C)c2cc(C)ccc21. The second-order valence-corrected chi connectivity index (χ2v) is 5.90. The molecule has 1 aromatic carbocycles. The van der Waals surface area contributed by atoms with Gasteiger partial charge in [-0.1, -0.05) is 49.3 Å². The lowest BCUT2D eigenvalue weighted by Crippen LogP contribution is -2.10. The van der Waals surface area contributed by atoms with Crippen LogP contribution in [0.2, 0.25) is 0 Å². The fourth-order valence-corrected chi connectivity index (χ4v) is 2.62. The minimum Gasteiger partial charge on any atom is -0.100 e. The number of hydrogen-bond acceptors (Lipinski definition) is 0. The Hall–Kier alpha value is -1.30. The zero-order valence-corrected chi connectivity index (χ0v) is 11.4. The molecule has 0 spiro atoms. The highest BCUT2D eigenvalue weighted by molar-refractivity contribution is 5.76. The molecule has 0 N–H and O–H groups in total. The van der Waals surface area contributed by atoms with Crippen molar-refractivity contribution in [3.05, 3.63) is 53.1 Å². The summed E-state index contributed by atoms with van der Waals surface area (Å²) < 4.78 is 0. The van der Waals surface area contributed by atoms with Crippen molar-refractivity contribution >= 4 is 5.57 Å². The summed E-state index contributed by atoms with van der Waals surface area (Å²) in [6, 6.07) is 6.83. The fourth-order valence-electron chi connectivity index (χ4n) is 2.62. The molecule has 0 heterocycles. The van der Waals surface area contributed by atoms with E-state index in [1.807, 2.05) is 0 Å². The van der Waals surface area contributed by atoms with Crippen LogP contribution in [0.4, 0.5) is 0 Å². The molecular formula is C17H22. The van der Waals surface area contributed by atoms with Crippen molar-refractivity contribution in [3.63, 3.8) is 0 Å². The van der Waals surface area contributed by atoms with Gasteiger partial charge in [-0.2, -0.15) is 0 Å². The number of rotatable bonds is 3. The van der Waals surface area contributed by atoms with Crippen molar-refractivity contribution in [2.24, 2.45) is 0 Å². The molecule has 2 rings (SSSR count). The summed E-state index contributed by atoms with van der Waals surface area (Å²) in [6.45, 7) is 12.9. The molecule has 0 saturated heterocycles. The van der Waals surface area contributed by atoms with Crippen LogP contribution in [0.25, 0.3) is 5.57 Å². The molecule has 0 fully saturated rings. The first-order valence-electron chi connectivity index (χ1n) is 6.38. The maximum Gasteiger partial charge on any atom is 0.00874 e. The van der Waals surface area contributed by atoms with Gasteiger partial charge >= 0.3 is 0 Å². The lowest BCUT2D eigenvalue weighted by Gasteiger charge is -2.17. The van der Waals surface area contributed by atoms with Gasteiger partial charge in [0.1, 0.15) is 0 Å². The van der Waals surface area contributed by atoms with Gasteiger partial charge in [-0.05, 0) is 43.4 Å². The number of aryl methyl sites for hydroxylation is 1. The molecule has 0 atom stereocenters. The predicted octanol–water partition coefficient (Wildman–Crippen LogP) is 5.03. The highest BCUT2D eigenvalue weighted by Gasteiger charge is 2.29. The summed E-state index contributed by atoms with van der Waals surface area (Å²) >= 11 is 0. The quantitative estimate of drug-likeness (QED) is 0.634. The summed E-state index contributed by atoms with van der Waals surface area (Å²) in [7, 11) is 0. The molecular weight excluding hydrogens is 204 g/mol. The van der Waals surface area contributed by atoms with Crippen LogP contribution >= 0.6 is 0 Å². The van der Waals surface area contributed by atoms with Crippen LogP contribution in [0.1, 0.15) is 50.3 Å². The van der Waals surface area contributed by atoms with E-state index in [0.717, 1.165) is 12.8 Å². The Balaban J connectivity index is 2.36. The maximum absolute atomic E-state index is 4.00.